The Morgan fingerprint density at radius 1 is 1.36 bits per heavy atom. The summed E-state index contributed by atoms with van der Waals surface area (Å²) in [5.41, 5.74) is 6.89. The molecule has 0 spiro atoms. The van der Waals surface area contributed by atoms with E-state index in [4.69, 9.17) is 5.73 Å². The van der Waals surface area contributed by atoms with Crippen molar-refractivity contribution in [2.24, 2.45) is 5.73 Å². The molecule has 0 aliphatic rings. The first-order valence-corrected chi connectivity index (χ1v) is 5.63. The Hall–Kier alpha value is -0.380. The lowest BCUT2D eigenvalue weighted by molar-refractivity contribution is 0.134. The maximum Gasteiger partial charge on any atom is 0.0732 e. The van der Waals surface area contributed by atoms with Gasteiger partial charge < -0.3 is 10.8 Å². The van der Waals surface area contributed by atoms with Gasteiger partial charge in [0.2, 0.25) is 0 Å². The molecule has 1 rings (SSSR count). The van der Waals surface area contributed by atoms with Crippen LogP contribution < -0.4 is 5.73 Å². The highest BCUT2D eigenvalue weighted by Gasteiger charge is 2.15. The average molecular weight is 258 g/mol. The summed E-state index contributed by atoms with van der Waals surface area (Å²) in [5, 5.41) is 9.70. The third kappa shape index (κ3) is 3.08. The maximum atomic E-state index is 9.70. The van der Waals surface area contributed by atoms with E-state index < -0.39 is 6.10 Å². The van der Waals surface area contributed by atoms with Gasteiger partial charge in [0.05, 0.1) is 12.1 Å². The van der Waals surface area contributed by atoms with Crippen LogP contribution in [0, 0.1) is 0 Å². The highest BCUT2D eigenvalue weighted by atomic mass is 79.9. The molecule has 0 aromatic heterocycles. The number of halogens is 1. The smallest absolute Gasteiger partial charge is 0.0732 e. The molecule has 3 N–H and O–H groups in total. The predicted octanol–water partition coefficient (Wildman–Crippen LogP) is 2.61. The van der Waals surface area contributed by atoms with Crippen LogP contribution in [-0.2, 0) is 0 Å². The summed E-state index contributed by atoms with van der Waals surface area (Å²) in [6.07, 6.45) is 1.25. The predicted molar refractivity (Wildman–Crippen MR) is 62.0 cm³/mol. The monoisotopic (exact) mass is 257 g/mol. The first-order chi connectivity index (χ1) is 6.65. The van der Waals surface area contributed by atoms with E-state index in [2.05, 4.69) is 15.9 Å². The molecule has 0 aliphatic carbocycles. The molecule has 2 nitrogen and oxygen atoms in total. The number of hydrogen-bond donors (Lipinski definition) is 2. The van der Waals surface area contributed by atoms with E-state index in [-0.39, 0.29) is 6.04 Å². The van der Waals surface area contributed by atoms with Crippen molar-refractivity contribution in [3.8, 4) is 0 Å². The molecule has 0 bridgehead atoms. The minimum absolute atomic E-state index is 0.275. The fraction of sp³-hybridized carbons (Fsp3) is 0.455. The molecule has 0 fully saturated rings. The summed E-state index contributed by atoms with van der Waals surface area (Å²) in [5.74, 6) is 0. The second-order valence-corrected chi connectivity index (χ2v) is 4.35. The summed E-state index contributed by atoms with van der Waals surface area (Å²) in [6.45, 7) is 2.04. The molecule has 2 atom stereocenters. The minimum atomic E-state index is -0.443. The van der Waals surface area contributed by atoms with Gasteiger partial charge in [0.25, 0.3) is 0 Å². The first kappa shape index (κ1) is 11.7. The van der Waals surface area contributed by atoms with Gasteiger partial charge in [-0.05, 0) is 24.1 Å². The van der Waals surface area contributed by atoms with E-state index in [1.54, 1.807) is 0 Å². The lowest BCUT2D eigenvalue weighted by Gasteiger charge is -2.18. The molecule has 0 aliphatic heterocycles. The molecule has 0 amide bonds. The molecule has 14 heavy (non-hydrogen) atoms. The van der Waals surface area contributed by atoms with Crippen molar-refractivity contribution < 1.29 is 5.11 Å². The van der Waals surface area contributed by atoms with E-state index in [1.807, 2.05) is 31.2 Å². The van der Waals surface area contributed by atoms with Crippen molar-refractivity contribution in [1.29, 1.82) is 0 Å². The van der Waals surface area contributed by atoms with Gasteiger partial charge in [0, 0.05) is 4.47 Å². The standard InChI is InChI=1S/C11H16BrNO/c1-2-3-10(14)11(13)8-4-6-9(12)7-5-8/h4-7,10-11,14H,2-3,13H2,1H3/t10-,11+/m1/s1. The molecule has 1 aromatic rings. The maximum absolute atomic E-state index is 9.70. The van der Waals surface area contributed by atoms with E-state index in [0.29, 0.717) is 0 Å². The number of rotatable bonds is 4. The van der Waals surface area contributed by atoms with Crippen molar-refractivity contribution >= 4 is 15.9 Å². The summed E-state index contributed by atoms with van der Waals surface area (Å²) in [4.78, 5) is 0. The molecule has 3 heteroatoms. The van der Waals surface area contributed by atoms with Gasteiger partial charge in [-0.25, -0.2) is 0 Å². The minimum Gasteiger partial charge on any atom is -0.391 e. The van der Waals surface area contributed by atoms with Gasteiger partial charge in [-0.2, -0.15) is 0 Å². The zero-order chi connectivity index (χ0) is 10.6. The Kier molecular flexibility index (Phi) is 4.58. The second-order valence-electron chi connectivity index (χ2n) is 3.43. The van der Waals surface area contributed by atoms with E-state index in [0.717, 1.165) is 22.9 Å². The van der Waals surface area contributed by atoms with Crippen LogP contribution >= 0.6 is 15.9 Å². The quantitative estimate of drug-likeness (QED) is 0.872. The average Bonchev–Trinajstić information content (AvgIpc) is 2.18. The number of aliphatic hydroxyl groups is 1. The third-order valence-corrected chi connectivity index (χ3v) is 2.78. The van der Waals surface area contributed by atoms with Crippen LogP contribution in [0.4, 0.5) is 0 Å². The van der Waals surface area contributed by atoms with Crippen LogP contribution in [0.5, 0.6) is 0 Å². The number of benzene rings is 1. The summed E-state index contributed by atoms with van der Waals surface area (Å²) in [6, 6.07) is 7.48. The molecule has 0 unspecified atom stereocenters. The van der Waals surface area contributed by atoms with Crippen molar-refractivity contribution in [2.45, 2.75) is 31.9 Å². The first-order valence-electron chi connectivity index (χ1n) is 4.84. The highest BCUT2D eigenvalue weighted by molar-refractivity contribution is 9.10. The molecule has 0 saturated heterocycles. The zero-order valence-electron chi connectivity index (χ0n) is 8.28. The van der Waals surface area contributed by atoms with E-state index >= 15 is 0 Å². The third-order valence-electron chi connectivity index (χ3n) is 2.25. The van der Waals surface area contributed by atoms with Crippen LogP contribution in [0.1, 0.15) is 31.4 Å². The van der Waals surface area contributed by atoms with Crippen LogP contribution in [-0.4, -0.2) is 11.2 Å². The van der Waals surface area contributed by atoms with Gasteiger partial charge in [0.1, 0.15) is 0 Å². The van der Waals surface area contributed by atoms with Crippen LogP contribution in [0.25, 0.3) is 0 Å². The van der Waals surface area contributed by atoms with Gasteiger partial charge in [0.15, 0.2) is 0 Å². The summed E-state index contributed by atoms with van der Waals surface area (Å²) < 4.78 is 1.03. The topological polar surface area (TPSA) is 46.2 Å². The largest absolute Gasteiger partial charge is 0.391 e. The molecule has 0 saturated carbocycles. The molecule has 0 radical (unpaired) electrons. The lowest BCUT2D eigenvalue weighted by Crippen LogP contribution is -2.25. The highest BCUT2D eigenvalue weighted by Crippen LogP contribution is 2.19. The Labute approximate surface area is 93.3 Å². The van der Waals surface area contributed by atoms with Gasteiger partial charge in [-0.15, -0.1) is 0 Å². The zero-order valence-corrected chi connectivity index (χ0v) is 9.87. The van der Waals surface area contributed by atoms with Crippen molar-refractivity contribution in [3.05, 3.63) is 34.3 Å². The van der Waals surface area contributed by atoms with Crippen LogP contribution in [0.3, 0.4) is 0 Å². The molecule has 0 heterocycles. The lowest BCUT2D eigenvalue weighted by atomic mass is 9.99. The summed E-state index contributed by atoms with van der Waals surface area (Å²) >= 11 is 3.36. The van der Waals surface area contributed by atoms with Gasteiger partial charge in [-0.3, -0.25) is 0 Å². The number of nitrogens with two attached hydrogens (primary N) is 1. The fourth-order valence-electron chi connectivity index (χ4n) is 1.38. The van der Waals surface area contributed by atoms with Crippen molar-refractivity contribution in [1.82, 2.24) is 0 Å². The fourth-order valence-corrected chi connectivity index (χ4v) is 1.65. The number of hydrogen-bond acceptors (Lipinski definition) is 2. The van der Waals surface area contributed by atoms with E-state index in [1.165, 1.54) is 0 Å². The SMILES string of the molecule is CCC[C@@H](O)[C@@H](N)c1ccc(Br)cc1. The van der Waals surface area contributed by atoms with Gasteiger partial charge in [-0.1, -0.05) is 41.4 Å². The second kappa shape index (κ2) is 5.49. The molecular formula is C11H16BrNO. The Morgan fingerprint density at radius 2 is 1.93 bits per heavy atom. The van der Waals surface area contributed by atoms with Crippen LogP contribution in [0.2, 0.25) is 0 Å². The van der Waals surface area contributed by atoms with Crippen molar-refractivity contribution in [3.63, 3.8) is 0 Å². The molecule has 1 aromatic carbocycles. The normalized spacial score (nSPS) is 15.1. The Morgan fingerprint density at radius 3 is 2.43 bits per heavy atom. The van der Waals surface area contributed by atoms with Gasteiger partial charge >= 0.3 is 0 Å². The Balaban J connectivity index is 2.68. The molecule has 78 valence electrons. The Bertz CT molecular complexity index is 273. The van der Waals surface area contributed by atoms with Crippen molar-refractivity contribution in [2.75, 3.05) is 0 Å². The van der Waals surface area contributed by atoms with Crippen LogP contribution in [0.15, 0.2) is 28.7 Å². The summed E-state index contributed by atoms with van der Waals surface area (Å²) in [7, 11) is 0. The van der Waals surface area contributed by atoms with E-state index in [9.17, 15) is 5.11 Å². The molecular weight excluding hydrogens is 242 g/mol. The number of aliphatic hydroxyl groups excluding tert-OH is 1.